The second-order valence-electron chi connectivity index (χ2n) is 4.11. The van der Waals surface area contributed by atoms with Crippen molar-refractivity contribution in [2.24, 2.45) is 0 Å². The van der Waals surface area contributed by atoms with Crippen molar-refractivity contribution in [3.8, 4) is 5.88 Å². The number of hydrogen-bond donors (Lipinski definition) is 2. The van der Waals surface area contributed by atoms with Gasteiger partial charge in [0.25, 0.3) is 10.0 Å². The number of hydrogen-bond acceptors (Lipinski definition) is 5. The third-order valence-electron chi connectivity index (χ3n) is 2.70. The van der Waals surface area contributed by atoms with Crippen LogP contribution in [0.2, 0.25) is 5.02 Å². The molecule has 0 aliphatic heterocycles. The average Bonchev–Trinajstić information content (AvgIpc) is 2.47. The van der Waals surface area contributed by atoms with Gasteiger partial charge in [-0.15, -0.1) is 0 Å². The standard InChI is InChI=1S/C13H13ClN2O4S/c1-20-13-5-3-10(7-15-13)16-21(18,19)11-4-2-9(8-17)12(14)6-11/h2-7,16-17H,8H2,1H3. The Kier molecular flexibility index (Phi) is 4.66. The zero-order chi connectivity index (χ0) is 15.5. The number of halogens is 1. The van der Waals surface area contributed by atoms with Gasteiger partial charge in [-0.1, -0.05) is 17.7 Å². The Balaban J connectivity index is 2.26. The molecule has 1 heterocycles. The molecule has 0 aliphatic rings. The highest BCUT2D eigenvalue weighted by molar-refractivity contribution is 7.92. The molecule has 1 aromatic heterocycles. The lowest BCUT2D eigenvalue weighted by Crippen LogP contribution is -2.13. The van der Waals surface area contributed by atoms with Gasteiger partial charge in [-0.25, -0.2) is 13.4 Å². The van der Waals surface area contributed by atoms with Crippen molar-refractivity contribution in [2.75, 3.05) is 11.8 Å². The van der Waals surface area contributed by atoms with Gasteiger partial charge >= 0.3 is 0 Å². The molecule has 2 aromatic rings. The third kappa shape index (κ3) is 3.63. The van der Waals surface area contributed by atoms with Crippen LogP contribution >= 0.6 is 11.6 Å². The fourth-order valence-corrected chi connectivity index (χ4v) is 2.97. The predicted molar refractivity (Wildman–Crippen MR) is 79.0 cm³/mol. The van der Waals surface area contributed by atoms with E-state index in [0.717, 1.165) is 0 Å². The largest absolute Gasteiger partial charge is 0.481 e. The minimum absolute atomic E-state index is 0.000480. The number of benzene rings is 1. The molecule has 0 amide bonds. The maximum atomic E-state index is 12.2. The van der Waals surface area contributed by atoms with E-state index in [9.17, 15) is 8.42 Å². The van der Waals surface area contributed by atoms with Crippen LogP contribution in [-0.2, 0) is 16.6 Å². The van der Waals surface area contributed by atoms with E-state index in [4.69, 9.17) is 21.4 Å². The van der Waals surface area contributed by atoms with Gasteiger partial charge in [-0.05, 0) is 23.8 Å². The van der Waals surface area contributed by atoms with Gasteiger partial charge in [0.05, 0.1) is 30.5 Å². The lowest BCUT2D eigenvalue weighted by molar-refractivity contribution is 0.282. The van der Waals surface area contributed by atoms with Crippen molar-refractivity contribution >= 4 is 27.3 Å². The van der Waals surface area contributed by atoms with E-state index in [1.165, 1.54) is 37.6 Å². The number of nitrogens with one attached hydrogen (secondary N) is 1. The summed E-state index contributed by atoms with van der Waals surface area (Å²) in [6.45, 7) is -0.255. The molecule has 0 fully saturated rings. The summed E-state index contributed by atoms with van der Waals surface area (Å²) in [6, 6.07) is 7.19. The molecule has 112 valence electrons. The van der Waals surface area contributed by atoms with Gasteiger partial charge in [0.15, 0.2) is 0 Å². The first-order valence-corrected chi connectivity index (χ1v) is 7.74. The quantitative estimate of drug-likeness (QED) is 0.876. The van der Waals surface area contributed by atoms with Gasteiger partial charge in [-0.3, -0.25) is 4.72 Å². The number of sulfonamides is 1. The molecule has 2 N–H and O–H groups in total. The first-order valence-electron chi connectivity index (χ1n) is 5.88. The van der Waals surface area contributed by atoms with Crippen molar-refractivity contribution in [3.05, 3.63) is 47.1 Å². The number of anilines is 1. The topological polar surface area (TPSA) is 88.5 Å². The van der Waals surface area contributed by atoms with E-state index in [0.29, 0.717) is 17.1 Å². The Morgan fingerprint density at radius 2 is 2.10 bits per heavy atom. The summed E-state index contributed by atoms with van der Waals surface area (Å²) < 4.78 is 31.7. The van der Waals surface area contributed by atoms with Crippen LogP contribution in [0.25, 0.3) is 0 Å². The summed E-state index contributed by atoms with van der Waals surface area (Å²) in [5, 5.41) is 9.22. The number of ether oxygens (including phenoxy) is 1. The Morgan fingerprint density at radius 3 is 2.62 bits per heavy atom. The molecule has 6 nitrogen and oxygen atoms in total. The molecule has 0 unspecified atom stereocenters. The predicted octanol–water partition coefficient (Wildman–Crippen LogP) is 2.04. The number of methoxy groups -OCH3 is 1. The van der Waals surface area contributed by atoms with Crippen molar-refractivity contribution < 1.29 is 18.3 Å². The molecule has 0 atom stereocenters. The second kappa shape index (κ2) is 6.30. The van der Waals surface area contributed by atoms with Crippen LogP contribution in [0, 0.1) is 0 Å². The van der Waals surface area contributed by atoms with Crippen LogP contribution in [0.15, 0.2) is 41.4 Å². The van der Waals surface area contributed by atoms with Crippen molar-refractivity contribution in [1.82, 2.24) is 4.98 Å². The Bertz CT molecular complexity index is 732. The third-order valence-corrected chi connectivity index (χ3v) is 4.43. The number of rotatable bonds is 5. The minimum Gasteiger partial charge on any atom is -0.481 e. The van der Waals surface area contributed by atoms with Crippen LogP contribution in [-0.4, -0.2) is 25.6 Å². The van der Waals surface area contributed by atoms with Gasteiger partial charge in [-0.2, -0.15) is 0 Å². The van der Waals surface area contributed by atoms with Crippen molar-refractivity contribution in [3.63, 3.8) is 0 Å². The first-order chi connectivity index (χ1) is 9.96. The fourth-order valence-electron chi connectivity index (χ4n) is 1.60. The number of aliphatic hydroxyl groups is 1. The summed E-state index contributed by atoms with van der Waals surface area (Å²) >= 11 is 5.90. The van der Waals surface area contributed by atoms with Crippen LogP contribution in [0.5, 0.6) is 5.88 Å². The molecule has 0 saturated carbocycles. The van der Waals surface area contributed by atoms with Gasteiger partial charge in [0, 0.05) is 11.1 Å². The van der Waals surface area contributed by atoms with E-state index in [2.05, 4.69) is 9.71 Å². The smallest absolute Gasteiger partial charge is 0.261 e. The van der Waals surface area contributed by atoms with Gasteiger partial charge in [0.1, 0.15) is 0 Å². The van der Waals surface area contributed by atoms with Crippen LogP contribution in [0.1, 0.15) is 5.56 Å². The summed E-state index contributed by atoms with van der Waals surface area (Å²) in [5.74, 6) is 0.383. The zero-order valence-electron chi connectivity index (χ0n) is 11.1. The summed E-state index contributed by atoms with van der Waals surface area (Å²) in [7, 11) is -2.31. The normalized spacial score (nSPS) is 11.2. The number of nitrogens with zero attached hydrogens (tertiary/aromatic N) is 1. The molecule has 2 rings (SSSR count). The van der Waals surface area contributed by atoms with E-state index in [1.54, 1.807) is 6.07 Å². The highest BCUT2D eigenvalue weighted by atomic mass is 35.5. The van der Waals surface area contributed by atoms with E-state index < -0.39 is 10.0 Å². The van der Waals surface area contributed by atoms with E-state index >= 15 is 0 Å². The average molecular weight is 329 g/mol. The van der Waals surface area contributed by atoms with Crippen molar-refractivity contribution in [1.29, 1.82) is 0 Å². The highest BCUT2D eigenvalue weighted by Gasteiger charge is 2.16. The molecule has 0 bridgehead atoms. The number of pyridine rings is 1. The molecule has 21 heavy (non-hydrogen) atoms. The monoisotopic (exact) mass is 328 g/mol. The first kappa shape index (κ1) is 15.6. The Labute approximate surface area is 127 Å². The summed E-state index contributed by atoms with van der Waals surface area (Å²) in [6.07, 6.45) is 1.35. The van der Waals surface area contributed by atoms with Crippen LogP contribution in [0.3, 0.4) is 0 Å². The Morgan fingerprint density at radius 1 is 1.33 bits per heavy atom. The summed E-state index contributed by atoms with van der Waals surface area (Å²) in [4.78, 5) is 3.91. The summed E-state index contributed by atoms with van der Waals surface area (Å²) in [5.41, 5.74) is 0.764. The second-order valence-corrected chi connectivity index (χ2v) is 6.20. The lowest BCUT2D eigenvalue weighted by Gasteiger charge is -2.09. The molecule has 1 aromatic carbocycles. The van der Waals surface area contributed by atoms with Crippen LogP contribution in [0.4, 0.5) is 5.69 Å². The van der Waals surface area contributed by atoms with E-state index in [1.807, 2.05) is 0 Å². The number of aliphatic hydroxyl groups excluding tert-OH is 1. The minimum atomic E-state index is -3.78. The SMILES string of the molecule is COc1ccc(NS(=O)(=O)c2ccc(CO)c(Cl)c2)cn1. The molecular formula is C13H13ClN2O4S. The zero-order valence-corrected chi connectivity index (χ0v) is 12.6. The molecule has 0 saturated heterocycles. The maximum Gasteiger partial charge on any atom is 0.261 e. The molecular weight excluding hydrogens is 316 g/mol. The fraction of sp³-hybridized carbons (Fsp3) is 0.154. The van der Waals surface area contributed by atoms with Gasteiger partial charge in [0.2, 0.25) is 5.88 Å². The molecule has 0 aliphatic carbocycles. The maximum absolute atomic E-state index is 12.2. The van der Waals surface area contributed by atoms with E-state index in [-0.39, 0.29) is 16.5 Å². The van der Waals surface area contributed by atoms with Gasteiger partial charge < -0.3 is 9.84 Å². The molecule has 8 heteroatoms. The molecule has 0 spiro atoms. The molecule has 0 radical (unpaired) electrons. The Hall–Kier alpha value is -1.83. The lowest BCUT2D eigenvalue weighted by atomic mass is 10.2. The van der Waals surface area contributed by atoms with Crippen LogP contribution < -0.4 is 9.46 Å². The number of aromatic nitrogens is 1. The highest BCUT2D eigenvalue weighted by Crippen LogP contribution is 2.23. The van der Waals surface area contributed by atoms with Crippen molar-refractivity contribution in [2.45, 2.75) is 11.5 Å².